The van der Waals surface area contributed by atoms with Gasteiger partial charge >= 0.3 is 5.97 Å². The molecule has 0 fully saturated rings. The Morgan fingerprint density at radius 1 is 0.973 bits per heavy atom. The minimum absolute atomic E-state index is 0.264. The number of aryl methyl sites for hydroxylation is 1. The molecular weight excluding hydrogens is 468 g/mol. The van der Waals surface area contributed by atoms with Crippen LogP contribution in [0.1, 0.15) is 41.8 Å². The number of nitrogens with zero attached hydrogens (tertiary/aromatic N) is 2. The molecule has 2 aromatic heterocycles. The number of H-pyrrole nitrogens is 1. The molecule has 0 saturated heterocycles. The van der Waals surface area contributed by atoms with Crippen LogP contribution in [0.25, 0.3) is 33.0 Å². The lowest BCUT2D eigenvalue weighted by atomic mass is 9.95. The van der Waals surface area contributed by atoms with Crippen LogP contribution in [0.3, 0.4) is 0 Å². The van der Waals surface area contributed by atoms with Gasteiger partial charge in [-0.15, -0.1) is 0 Å². The summed E-state index contributed by atoms with van der Waals surface area (Å²) >= 11 is 0. The lowest BCUT2D eigenvalue weighted by molar-refractivity contribution is -0.122. The molecule has 1 aliphatic heterocycles. The standard InChI is InChI=1S/C29H30N4O4/c1-17(2)37-29(36)20-11-7-10-19-21(15-30-26(19)20)24-25(28(35)31-27(24)34)22-16-33(14-8-13-32(3)4)23-12-6-5-9-18(22)23/h5-7,9-12,15-17,30H,8,13-14H2,1-4H3,(H,31,34,35). The van der Waals surface area contributed by atoms with Crippen molar-refractivity contribution in [3.8, 4) is 0 Å². The molecule has 190 valence electrons. The van der Waals surface area contributed by atoms with Gasteiger partial charge in [-0.1, -0.05) is 30.3 Å². The monoisotopic (exact) mass is 498 g/mol. The molecule has 2 N–H and O–H groups in total. The van der Waals surface area contributed by atoms with Gasteiger partial charge in [0.15, 0.2) is 0 Å². The highest BCUT2D eigenvalue weighted by molar-refractivity contribution is 6.50. The second-order valence-electron chi connectivity index (χ2n) is 9.83. The first kappa shape index (κ1) is 24.5. The van der Waals surface area contributed by atoms with Crippen LogP contribution in [-0.2, 0) is 20.9 Å². The molecule has 0 bridgehead atoms. The number of benzene rings is 2. The molecule has 0 spiro atoms. The number of ether oxygens (including phenoxy) is 1. The van der Waals surface area contributed by atoms with Crippen LogP contribution in [-0.4, -0.2) is 59.0 Å². The van der Waals surface area contributed by atoms with E-state index in [1.54, 1.807) is 32.2 Å². The number of nitrogens with one attached hydrogen (secondary N) is 2. The summed E-state index contributed by atoms with van der Waals surface area (Å²) in [5, 5.41) is 4.07. The van der Waals surface area contributed by atoms with Gasteiger partial charge in [-0.3, -0.25) is 14.9 Å². The number of aromatic amines is 1. The Hall–Kier alpha value is -4.17. The zero-order chi connectivity index (χ0) is 26.3. The average molecular weight is 499 g/mol. The zero-order valence-corrected chi connectivity index (χ0v) is 21.4. The van der Waals surface area contributed by atoms with E-state index in [9.17, 15) is 14.4 Å². The molecule has 4 aromatic rings. The molecule has 2 aromatic carbocycles. The number of hydrogen-bond donors (Lipinski definition) is 2. The largest absolute Gasteiger partial charge is 0.459 e. The van der Waals surface area contributed by atoms with E-state index in [4.69, 9.17) is 4.74 Å². The smallest absolute Gasteiger partial charge is 0.340 e. The Morgan fingerprint density at radius 3 is 2.41 bits per heavy atom. The van der Waals surface area contributed by atoms with E-state index in [0.717, 1.165) is 30.4 Å². The van der Waals surface area contributed by atoms with Crippen LogP contribution in [0.4, 0.5) is 0 Å². The SMILES string of the molecule is CC(C)OC(=O)c1cccc2c(C3=C(c4cn(CCCN(C)C)c5ccccc45)C(=O)NC3=O)c[nH]c12. The van der Waals surface area contributed by atoms with Crippen LogP contribution >= 0.6 is 0 Å². The highest BCUT2D eigenvalue weighted by Gasteiger charge is 2.35. The van der Waals surface area contributed by atoms with Crippen LogP contribution in [0.5, 0.6) is 0 Å². The topological polar surface area (TPSA) is 96.4 Å². The number of amides is 2. The number of para-hydroxylation sites is 2. The Balaban J connectivity index is 1.67. The highest BCUT2D eigenvalue weighted by Crippen LogP contribution is 2.38. The third-order valence-electron chi connectivity index (χ3n) is 6.54. The molecule has 8 heteroatoms. The average Bonchev–Trinajstić information content (AvgIpc) is 3.51. The van der Waals surface area contributed by atoms with Crippen LogP contribution in [0, 0.1) is 0 Å². The van der Waals surface area contributed by atoms with Gasteiger partial charge in [0.25, 0.3) is 11.8 Å². The van der Waals surface area contributed by atoms with Crippen LogP contribution in [0.15, 0.2) is 54.9 Å². The van der Waals surface area contributed by atoms with Gasteiger partial charge < -0.3 is 19.2 Å². The molecular formula is C29H30N4O4. The normalized spacial score (nSPS) is 14.0. The second-order valence-corrected chi connectivity index (χ2v) is 9.83. The van der Waals surface area contributed by atoms with Gasteiger partial charge in [0.1, 0.15) is 0 Å². The molecule has 2 amide bonds. The minimum Gasteiger partial charge on any atom is -0.459 e. The molecule has 0 aliphatic carbocycles. The van der Waals surface area contributed by atoms with Crippen LogP contribution in [0.2, 0.25) is 0 Å². The van der Waals surface area contributed by atoms with E-state index < -0.39 is 17.8 Å². The molecule has 5 rings (SSSR count). The zero-order valence-electron chi connectivity index (χ0n) is 21.4. The molecule has 8 nitrogen and oxygen atoms in total. The highest BCUT2D eigenvalue weighted by atomic mass is 16.5. The summed E-state index contributed by atoms with van der Waals surface area (Å²) in [5.74, 6) is -1.34. The number of aromatic nitrogens is 2. The van der Waals surface area contributed by atoms with Crippen molar-refractivity contribution in [3.63, 3.8) is 0 Å². The summed E-state index contributed by atoms with van der Waals surface area (Å²) in [6.07, 6.45) is 4.33. The van der Waals surface area contributed by atoms with E-state index in [-0.39, 0.29) is 6.10 Å². The first-order valence-corrected chi connectivity index (χ1v) is 12.4. The van der Waals surface area contributed by atoms with E-state index >= 15 is 0 Å². The maximum Gasteiger partial charge on any atom is 0.340 e. The Kier molecular flexibility index (Phi) is 6.43. The summed E-state index contributed by atoms with van der Waals surface area (Å²) in [6, 6.07) is 13.2. The fourth-order valence-corrected chi connectivity index (χ4v) is 4.97. The number of hydrogen-bond acceptors (Lipinski definition) is 5. The van der Waals surface area contributed by atoms with Gasteiger partial charge in [-0.2, -0.15) is 0 Å². The third-order valence-corrected chi connectivity index (χ3v) is 6.54. The van der Waals surface area contributed by atoms with E-state index in [1.807, 2.05) is 50.6 Å². The molecule has 0 atom stereocenters. The van der Waals surface area contributed by atoms with Gasteiger partial charge in [-0.25, -0.2) is 4.79 Å². The van der Waals surface area contributed by atoms with Crippen molar-refractivity contribution in [2.45, 2.75) is 32.9 Å². The van der Waals surface area contributed by atoms with E-state index in [1.165, 1.54) is 0 Å². The van der Waals surface area contributed by atoms with E-state index in [0.29, 0.717) is 38.7 Å². The second kappa shape index (κ2) is 9.71. The lowest BCUT2D eigenvalue weighted by Crippen LogP contribution is -2.22. The van der Waals surface area contributed by atoms with Crippen molar-refractivity contribution >= 4 is 50.7 Å². The summed E-state index contributed by atoms with van der Waals surface area (Å²) in [6.45, 7) is 5.30. The maximum atomic E-state index is 13.2. The summed E-state index contributed by atoms with van der Waals surface area (Å²) in [5.41, 5.74) is 3.86. The summed E-state index contributed by atoms with van der Waals surface area (Å²) in [7, 11) is 4.08. The first-order chi connectivity index (χ1) is 17.8. The predicted molar refractivity (Wildman–Crippen MR) is 144 cm³/mol. The predicted octanol–water partition coefficient (Wildman–Crippen LogP) is 4.21. The number of carbonyl (C=O) groups is 3. The summed E-state index contributed by atoms with van der Waals surface area (Å²) in [4.78, 5) is 44.3. The van der Waals surface area contributed by atoms with Crippen LogP contribution < -0.4 is 5.32 Å². The van der Waals surface area contributed by atoms with Crippen molar-refractivity contribution < 1.29 is 19.1 Å². The molecule has 0 unspecified atom stereocenters. The van der Waals surface area contributed by atoms with E-state index in [2.05, 4.69) is 19.8 Å². The molecule has 1 aliphatic rings. The number of rotatable bonds is 8. The number of imide groups is 1. The number of fused-ring (bicyclic) bond motifs is 2. The fourth-order valence-electron chi connectivity index (χ4n) is 4.97. The molecule has 0 radical (unpaired) electrons. The van der Waals surface area contributed by atoms with Gasteiger partial charge in [0, 0.05) is 46.4 Å². The molecule has 37 heavy (non-hydrogen) atoms. The summed E-state index contributed by atoms with van der Waals surface area (Å²) < 4.78 is 7.54. The molecule has 3 heterocycles. The van der Waals surface area contributed by atoms with Gasteiger partial charge in [0.05, 0.1) is 28.3 Å². The Bertz CT molecular complexity index is 1570. The van der Waals surface area contributed by atoms with Crippen molar-refractivity contribution in [1.82, 2.24) is 19.8 Å². The van der Waals surface area contributed by atoms with Gasteiger partial charge in [-0.05, 0) is 53.0 Å². The number of esters is 1. The maximum absolute atomic E-state index is 13.2. The van der Waals surface area contributed by atoms with Crippen molar-refractivity contribution in [2.75, 3.05) is 20.6 Å². The minimum atomic E-state index is -0.458. The third kappa shape index (κ3) is 4.44. The van der Waals surface area contributed by atoms with Gasteiger partial charge in [0.2, 0.25) is 0 Å². The van der Waals surface area contributed by atoms with Crippen molar-refractivity contribution in [1.29, 1.82) is 0 Å². The number of carbonyl (C=O) groups excluding carboxylic acids is 3. The van der Waals surface area contributed by atoms with Crippen molar-refractivity contribution in [3.05, 3.63) is 71.5 Å². The Labute approximate surface area is 214 Å². The first-order valence-electron chi connectivity index (χ1n) is 12.4. The molecule has 0 saturated carbocycles. The Morgan fingerprint density at radius 2 is 1.68 bits per heavy atom. The lowest BCUT2D eigenvalue weighted by Gasteiger charge is -2.10. The quantitative estimate of drug-likeness (QED) is 0.280. The fraction of sp³-hybridized carbons (Fsp3) is 0.276. The van der Waals surface area contributed by atoms with Crippen molar-refractivity contribution in [2.24, 2.45) is 0 Å².